The minimum absolute atomic E-state index is 0.223. The van der Waals surface area contributed by atoms with E-state index in [1.54, 1.807) is 17.5 Å². The molecule has 3 aliphatic rings. The number of piperazine rings is 1. The molecule has 3 fully saturated rings. The first-order valence-electron chi connectivity index (χ1n) is 8.85. The highest BCUT2D eigenvalue weighted by atomic mass is 32.2. The van der Waals surface area contributed by atoms with E-state index < -0.39 is 10.0 Å². The average Bonchev–Trinajstić information content (AvgIpc) is 3.32. The van der Waals surface area contributed by atoms with E-state index in [9.17, 15) is 13.2 Å². The third kappa shape index (κ3) is 3.02. The van der Waals surface area contributed by atoms with Gasteiger partial charge in [-0.3, -0.25) is 4.79 Å². The van der Waals surface area contributed by atoms with Crippen molar-refractivity contribution in [1.29, 1.82) is 0 Å². The lowest BCUT2D eigenvalue weighted by atomic mass is 9.86. The van der Waals surface area contributed by atoms with Crippen LogP contribution in [0.2, 0.25) is 0 Å². The van der Waals surface area contributed by atoms with Gasteiger partial charge in [0.1, 0.15) is 4.21 Å². The quantitative estimate of drug-likeness (QED) is 0.820. The number of nitrogens with zero attached hydrogens (tertiary/aromatic N) is 2. The number of carbonyl (C=O) groups is 1. The van der Waals surface area contributed by atoms with Crippen molar-refractivity contribution in [3.05, 3.63) is 17.5 Å². The predicted octanol–water partition coefficient (Wildman–Crippen LogP) is 2.41. The molecule has 0 aromatic carbocycles. The van der Waals surface area contributed by atoms with E-state index in [2.05, 4.69) is 0 Å². The van der Waals surface area contributed by atoms with E-state index in [-0.39, 0.29) is 5.91 Å². The van der Waals surface area contributed by atoms with Gasteiger partial charge in [0.25, 0.3) is 10.0 Å². The summed E-state index contributed by atoms with van der Waals surface area (Å²) >= 11 is 1.25. The Morgan fingerprint density at radius 3 is 2.54 bits per heavy atom. The molecule has 0 radical (unpaired) electrons. The maximum absolute atomic E-state index is 12.6. The summed E-state index contributed by atoms with van der Waals surface area (Å²) in [5.74, 6) is 2.42. The Balaban J connectivity index is 1.32. The first kappa shape index (κ1) is 16.5. The zero-order valence-electron chi connectivity index (χ0n) is 13.8. The summed E-state index contributed by atoms with van der Waals surface area (Å²) in [6, 6.07) is 3.40. The lowest BCUT2D eigenvalue weighted by molar-refractivity contribution is -0.133. The molecule has 1 aromatic heterocycles. The topological polar surface area (TPSA) is 57.7 Å². The fourth-order valence-corrected chi connectivity index (χ4v) is 7.26. The van der Waals surface area contributed by atoms with Crippen LogP contribution in [-0.2, 0) is 14.8 Å². The Bertz CT molecular complexity index is 693. The molecule has 1 aromatic rings. The first-order valence-corrected chi connectivity index (χ1v) is 11.2. The fraction of sp³-hybridized carbons (Fsp3) is 0.706. The Morgan fingerprint density at radius 2 is 1.96 bits per heavy atom. The van der Waals surface area contributed by atoms with Crippen molar-refractivity contribution < 1.29 is 13.2 Å². The highest BCUT2D eigenvalue weighted by Crippen LogP contribution is 2.49. The number of sulfonamides is 1. The van der Waals surface area contributed by atoms with Crippen molar-refractivity contribution in [3.8, 4) is 0 Å². The fourth-order valence-electron chi connectivity index (χ4n) is 4.70. The highest BCUT2D eigenvalue weighted by Gasteiger charge is 2.41. The van der Waals surface area contributed by atoms with Crippen LogP contribution in [0.15, 0.2) is 21.7 Å². The van der Waals surface area contributed by atoms with Crippen LogP contribution in [0.5, 0.6) is 0 Å². The molecule has 0 spiro atoms. The number of carbonyl (C=O) groups excluding carboxylic acids is 1. The minimum Gasteiger partial charge on any atom is -0.340 e. The van der Waals surface area contributed by atoms with Gasteiger partial charge in [0, 0.05) is 32.6 Å². The van der Waals surface area contributed by atoms with Crippen LogP contribution in [0, 0.1) is 17.8 Å². The predicted molar refractivity (Wildman–Crippen MR) is 93.2 cm³/mol. The molecule has 3 atom stereocenters. The van der Waals surface area contributed by atoms with Crippen molar-refractivity contribution in [2.45, 2.75) is 36.3 Å². The molecule has 0 N–H and O–H groups in total. The first-order chi connectivity index (χ1) is 11.5. The lowest BCUT2D eigenvalue weighted by Gasteiger charge is -2.34. The van der Waals surface area contributed by atoms with Crippen LogP contribution in [0.1, 0.15) is 32.1 Å². The molecule has 2 heterocycles. The molecule has 24 heavy (non-hydrogen) atoms. The smallest absolute Gasteiger partial charge is 0.252 e. The molecule has 7 heteroatoms. The molecule has 4 rings (SSSR count). The van der Waals surface area contributed by atoms with Crippen LogP contribution in [-0.4, -0.2) is 49.7 Å². The summed E-state index contributed by atoms with van der Waals surface area (Å²) in [7, 11) is -3.38. The Morgan fingerprint density at radius 1 is 1.17 bits per heavy atom. The zero-order chi connectivity index (χ0) is 16.7. The van der Waals surface area contributed by atoms with Gasteiger partial charge in [-0.1, -0.05) is 12.5 Å². The van der Waals surface area contributed by atoms with Crippen LogP contribution in [0.4, 0.5) is 0 Å². The molecule has 2 aliphatic carbocycles. The number of rotatable bonds is 4. The standard InChI is InChI=1S/C17H24N2O3S2/c20-16(12-15-11-13-3-4-14(15)10-13)18-5-7-19(8-6-18)24(21,22)17-2-1-9-23-17/h1-2,9,13-15H,3-8,10-12H2/t13-,14-,15-/m1/s1. The number of thiophene rings is 1. The van der Waals surface area contributed by atoms with Gasteiger partial charge in [-0.25, -0.2) is 8.42 Å². The van der Waals surface area contributed by atoms with Crippen LogP contribution in [0.25, 0.3) is 0 Å². The van der Waals surface area contributed by atoms with Crippen LogP contribution < -0.4 is 0 Å². The molecular formula is C17H24N2O3S2. The van der Waals surface area contributed by atoms with Crippen molar-refractivity contribution in [2.24, 2.45) is 17.8 Å². The van der Waals surface area contributed by atoms with Gasteiger partial charge in [-0.05, 0) is 48.5 Å². The van der Waals surface area contributed by atoms with Gasteiger partial charge in [0.2, 0.25) is 5.91 Å². The number of amides is 1. The summed E-state index contributed by atoms with van der Waals surface area (Å²) < 4.78 is 27.0. The van der Waals surface area contributed by atoms with E-state index in [1.165, 1.54) is 41.3 Å². The third-order valence-corrected chi connectivity index (χ3v) is 9.27. The molecule has 0 unspecified atom stereocenters. The molecule has 2 saturated carbocycles. The molecule has 1 saturated heterocycles. The van der Waals surface area contributed by atoms with Gasteiger partial charge in [0.15, 0.2) is 0 Å². The number of hydrogen-bond acceptors (Lipinski definition) is 4. The molecule has 1 aliphatic heterocycles. The Hall–Kier alpha value is -0.920. The Labute approximate surface area is 147 Å². The maximum atomic E-state index is 12.6. The zero-order valence-corrected chi connectivity index (χ0v) is 15.4. The van der Waals surface area contributed by atoms with Crippen molar-refractivity contribution in [3.63, 3.8) is 0 Å². The SMILES string of the molecule is O=C(C[C@H]1C[C@@H]2CC[C@@H]1C2)N1CCN(S(=O)(=O)c2cccs2)CC1. The minimum atomic E-state index is -3.38. The monoisotopic (exact) mass is 368 g/mol. The van der Waals surface area contributed by atoms with Gasteiger partial charge in [0.05, 0.1) is 0 Å². The van der Waals surface area contributed by atoms with Crippen LogP contribution in [0.3, 0.4) is 0 Å². The summed E-state index contributed by atoms with van der Waals surface area (Å²) in [5, 5.41) is 1.78. The second kappa shape index (κ2) is 6.42. The highest BCUT2D eigenvalue weighted by molar-refractivity contribution is 7.91. The van der Waals surface area contributed by atoms with E-state index in [4.69, 9.17) is 0 Å². The van der Waals surface area contributed by atoms with E-state index in [1.807, 2.05) is 4.90 Å². The third-order valence-electron chi connectivity index (χ3n) is 6.00. The summed E-state index contributed by atoms with van der Waals surface area (Å²) in [6.45, 7) is 1.85. The maximum Gasteiger partial charge on any atom is 0.252 e. The van der Waals surface area contributed by atoms with Gasteiger partial charge < -0.3 is 4.90 Å². The largest absolute Gasteiger partial charge is 0.340 e. The molecule has 132 valence electrons. The van der Waals surface area contributed by atoms with Crippen molar-refractivity contribution in [2.75, 3.05) is 26.2 Å². The van der Waals surface area contributed by atoms with Gasteiger partial charge in [-0.2, -0.15) is 4.31 Å². The molecule has 2 bridgehead atoms. The van der Waals surface area contributed by atoms with Gasteiger partial charge in [-0.15, -0.1) is 11.3 Å². The number of fused-ring (bicyclic) bond motifs is 2. The summed E-state index contributed by atoms with van der Waals surface area (Å²) in [6.07, 6.45) is 5.87. The summed E-state index contributed by atoms with van der Waals surface area (Å²) in [4.78, 5) is 14.4. The second-order valence-corrected chi connectivity index (χ2v) is 10.5. The second-order valence-electron chi connectivity index (χ2n) is 7.36. The van der Waals surface area contributed by atoms with Crippen LogP contribution >= 0.6 is 11.3 Å². The van der Waals surface area contributed by atoms with Crippen molar-refractivity contribution >= 4 is 27.3 Å². The summed E-state index contributed by atoms with van der Waals surface area (Å²) in [5.41, 5.74) is 0. The molecular weight excluding hydrogens is 344 g/mol. The van der Waals surface area contributed by atoms with E-state index >= 15 is 0 Å². The van der Waals surface area contributed by atoms with Crippen molar-refractivity contribution in [1.82, 2.24) is 9.21 Å². The van der Waals surface area contributed by atoms with E-state index in [0.717, 1.165) is 11.8 Å². The Kier molecular flexibility index (Phi) is 4.43. The lowest BCUT2D eigenvalue weighted by Crippen LogP contribution is -2.50. The van der Waals surface area contributed by atoms with E-state index in [0.29, 0.717) is 42.7 Å². The molecule has 5 nitrogen and oxygen atoms in total. The molecule has 1 amide bonds. The average molecular weight is 369 g/mol. The van der Waals surface area contributed by atoms with Gasteiger partial charge >= 0.3 is 0 Å². The normalized spacial score (nSPS) is 30.8. The number of hydrogen-bond donors (Lipinski definition) is 0.